The van der Waals surface area contributed by atoms with Gasteiger partial charge in [0.1, 0.15) is 5.75 Å². The molecule has 0 fully saturated rings. The zero-order valence-electron chi connectivity index (χ0n) is 5.12. The molecule has 1 aromatic heterocycles. The van der Waals surface area contributed by atoms with E-state index in [0.717, 1.165) is 6.07 Å². The first-order valence-electron chi connectivity index (χ1n) is 2.68. The van der Waals surface area contributed by atoms with E-state index in [0.29, 0.717) is 5.75 Å². The zero-order chi connectivity index (χ0) is 7.40. The largest absolute Gasteiger partial charge is 0.538 e. The van der Waals surface area contributed by atoms with Crippen molar-refractivity contribution in [2.24, 2.45) is 0 Å². The second kappa shape index (κ2) is 3.17. The van der Waals surface area contributed by atoms with Crippen LogP contribution in [0.1, 0.15) is 0 Å². The molecule has 0 saturated heterocycles. The number of nitrogens with zero attached hydrogens (tertiary/aromatic N) is 1. The van der Waals surface area contributed by atoms with E-state index in [2.05, 4.69) is 9.64 Å². The summed E-state index contributed by atoms with van der Waals surface area (Å²) >= 11 is 0. The van der Waals surface area contributed by atoms with E-state index in [4.69, 9.17) is 5.02 Å². The molecule has 10 heavy (non-hydrogen) atoms. The van der Waals surface area contributed by atoms with Crippen molar-refractivity contribution in [2.45, 2.75) is 0 Å². The van der Waals surface area contributed by atoms with Crippen LogP contribution in [-0.4, -0.2) is 17.7 Å². The maximum atomic E-state index is 12.1. The third kappa shape index (κ3) is 1.70. The standard InChI is InChI=1S/C5H5BFNO2/c7-5-2-1-4(3-8-5)10-6-9/h1-3,6,9H. The Bertz CT molecular complexity index is 203. The molecule has 0 atom stereocenters. The molecule has 0 aliphatic rings. The fourth-order valence-electron chi connectivity index (χ4n) is 0.522. The molecule has 1 heterocycles. The average molecular weight is 141 g/mol. The first-order chi connectivity index (χ1) is 4.83. The average Bonchev–Trinajstić information content (AvgIpc) is 1.95. The summed E-state index contributed by atoms with van der Waals surface area (Å²) < 4.78 is 16.7. The molecule has 0 aliphatic heterocycles. The molecule has 0 amide bonds. The SMILES string of the molecule is OBOc1ccc(F)nc1. The minimum atomic E-state index is -0.565. The number of halogens is 1. The topological polar surface area (TPSA) is 42.4 Å². The van der Waals surface area contributed by atoms with E-state index in [-0.39, 0.29) is 0 Å². The van der Waals surface area contributed by atoms with Crippen molar-refractivity contribution in [2.75, 3.05) is 0 Å². The predicted molar refractivity (Wildman–Crippen MR) is 34.2 cm³/mol. The summed E-state index contributed by atoms with van der Waals surface area (Å²) in [7, 11) is -0.423. The van der Waals surface area contributed by atoms with Crippen LogP contribution in [0.15, 0.2) is 18.3 Å². The van der Waals surface area contributed by atoms with Crippen LogP contribution >= 0.6 is 0 Å². The van der Waals surface area contributed by atoms with Crippen molar-refractivity contribution >= 4 is 7.69 Å². The molecule has 1 aromatic rings. The lowest BCUT2D eigenvalue weighted by Gasteiger charge is -1.98. The van der Waals surface area contributed by atoms with Gasteiger partial charge in [0.05, 0.1) is 6.20 Å². The van der Waals surface area contributed by atoms with Gasteiger partial charge in [-0.15, -0.1) is 0 Å². The number of hydrogen-bond donors (Lipinski definition) is 1. The van der Waals surface area contributed by atoms with Gasteiger partial charge in [-0.3, -0.25) is 0 Å². The van der Waals surface area contributed by atoms with E-state index in [1.165, 1.54) is 12.3 Å². The lowest BCUT2D eigenvalue weighted by atomic mass is 10.4. The van der Waals surface area contributed by atoms with Gasteiger partial charge < -0.3 is 9.68 Å². The van der Waals surface area contributed by atoms with Crippen molar-refractivity contribution in [1.82, 2.24) is 4.98 Å². The van der Waals surface area contributed by atoms with Crippen molar-refractivity contribution in [3.8, 4) is 5.75 Å². The van der Waals surface area contributed by atoms with Crippen LogP contribution in [0.2, 0.25) is 0 Å². The highest BCUT2D eigenvalue weighted by Crippen LogP contribution is 2.06. The van der Waals surface area contributed by atoms with E-state index < -0.39 is 13.6 Å². The quantitative estimate of drug-likeness (QED) is 0.460. The van der Waals surface area contributed by atoms with Crippen LogP contribution < -0.4 is 4.65 Å². The molecule has 1 N–H and O–H groups in total. The van der Waals surface area contributed by atoms with Crippen molar-refractivity contribution in [3.63, 3.8) is 0 Å². The molecule has 0 aromatic carbocycles. The Morgan fingerprint density at radius 1 is 1.60 bits per heavy atom. The Morgan fingerprint density at radius 3 is 2.90 bits per heavy atom. The number of hydrogen-bond acceptors (Lipinski definition) is 3. The van der Waals surface area contributed by atoms with E-state index in [1.54, 1.807) is 0 Å². The summed E-state index contributed by atoms with van der Waals surface area (Å²) in [6, 6.07) is 2.55. The molecule has 0 spiro atoms. The minimum absolute atomic E-state index is 0.351. The van der Waals surface area contributed by atoms with Crippen LogP contribution in [0, 0.1) is 5.95 Å². The van der Waals surface area contributed by atoms with Crippen molar-refractivity contribution in [1.29, 1.82) is 0 Å². The van der Waals surface area contributed by atoms with Gasteiger partial charge in [0, 0.05) is 0 Å². The maximum absolute atomic E-state index is 12.1. The zero-order valence-corrected chi connectivity index (χ0v) is 5.12. The van der Waals surface area contributed by atoms with E-state index in [1.807, 2.05) is 0 Å². The van der Waals surface area contributed by atoms with Gasteiger partial charge in [0.2, 0.25) is 5.95 Å². The fraction of sp³-hybridized carbons (Fsp3) is 0. The smallest absolute Gasteiger partial charge is 0.504 e. The van der Waals surface area contributed by atoms with Crippen LogP contribution in [0.25, 0.3) is 0 Å². The van der Waals surface area contributed by atoms with Crippen molar-refractivity contribution in [3.05, 3.63) is 24.3 Å². The third-order valence-corrected chi connectivity index (χ3v) is 0.931. The summed E-state index contributed by atoms with van der Waals surface area (Å²) in [5.41, 5.74) is 0. The maximum Gasteiger partial charge on any atom is 0.504 e. The van der Waals surface area contributed by atoms with Gasteiger partial charge >= 0.3 is 7.69 Å². The molecule has 0 saturated carbocycles. The molecule has 0 unspecified atom stereocenters. The number of aromatic nitrogens is 1. The van der Waals surface area contributed by atoms with Gasteiger partial charge in [-0.05, 0) is 12.1 Å². The molecular weight excluding hydrogens is 136 g/mol. The Balaban J connectivity index is 2.69. The fourth-order valence-corrected chi connectivity index (χ4v) is 0.522. The number of pyridine rings is 1. The first kappa shape index (κ1) is 7.02. The second-order valence-corrected chi connectivity index (χ2v) is 1.59. The van der Waals surface area contributed by atoms with Gasteiger partial charge in [-0.25, -0.2) is 4.98 Å². The molecular formula is C5H5BFNO2. The second-order valence-electron chi connectivity index (χ2n) is 1.59. The van der Waals surface area contributed by atoms with E-state index in [9.17, 15) is 4.39 Å². The van der Waals surface area contributed by atoms with Crippen LogP contribution in [0.5, 0.6) is 5.75 Å². The lowest BCUT2D eigenvalue weighted by molar-refractivity contribution is 0.450. The first-order valence-corrected chi connectivity index (χ1v) is 2.68. The van der Waals surface area contributed by atoms with Gasteiger partial charge in [-0.1, -0.05) is 0 Å². The monoisotopic (exact) mass is 141 g/mol. The minimum Gasteiger partial charge on any atom is -0.538 e. The third-order valence-electron chi connectivity index (χ3n) is 0.931. The highest BCUT2D eigenvalue weighted by molar-refractivity contribution is 6.17. The summed E-state index contributed by atoms with van der Waals surface area (Å²) in [4.78, 5) is 3.29. The van der Waals surface area contributed by atoms with E-state index >= 15 is 0 Å². The molecule has 5 heteroatoms. The predicted octanol–water partition coefficient (Wildman–Crippen LogP) is -0.142. The Labute approximate surface area is 57.8 Å². The highest BCUT2D eigenvalue weighted by Gasteiger charge is 1.93. The molecule has 3 nitrogen and oxygen atoms in total. The Morgan fingerprint density at radius 2 is 2.40 bits per heavy atom. The summed E-state index contributed by atoms with van der Waals surface area (Å²) in [5, 5.41) is 8.25. The van der Waals surface area contributed by atoms with Gasteiger partial charge in [-0.2, -0.15) is 4.39 Å². The van der Waals surface area contributed by atoms with Crippen LogP contribution in [0.3, 0.4) is 0 Å². The summed E-state index contributed by atoms with van der Waals surface area (Å²) in [6.45, 7) is 0. The lowest BCUT2D eigenvalue weighted by Crippen LogP contribution is -1.99. The van der Waals surface area contributed by atoms with Crippen LogP contribution in [0.4, 0.5) is 4.39 Å². The summed E-state index contributed by atoms with van der Waals surface area (Å²) in [6.07, 6.45) is 1.20. The molecule has 1 rings (SSSR count). The van der Waals surface area contributed by atoms with Crippen molar-refractivity contribution < 1.29 is 14.1 Å². The van der Waals surface area contributed by atoms with Gasteiger partial charge in [0.15, 0.2) is 0 Å². The van der Waals surface area contributed by atoms with Gasteiger partial charge in [0.25, 0.3) is 0 Å². The molecule has 52 valence electrons. The number of rotatable bonds is 2. The normalized spacial score (nSPS) is 9.00. The molecule has 0 bridgehead atoms. The Hall–Kier alpha value is -1.10. The molecule has 0 aliphatic carbocycles. The highest BCUT2D eigenvalue weighted by atomic mass is 19.1. The summed E-state index contributed by atoms with van der Waals surface area (Å²) in [5.74, 6) is -0.214. The molecule has 0 radical (unpaired) electrons. The Kier molecular flexibility index (Phi) is 2.22. The van der Waals surface area contributed by atoms with Crippen LogP contribution in [-0.2, 0) is 0 Å².